The minimum absolute atomic E-state index is 0. The van der Waals surface area contributed by atoms with Gasteiger partial charge in [0.1, 0.15) is 6.54 Å². The average molecular weight is 498 g/mol. The standard InChI is InChI=1S/C16H21Cl2N5O.HI/c1-9(11-6-5-10(17)7-12(11)18)21-15(19)20-8-13-22-14(24-23-13)16(2,3)4;/h5-7,9H,8H2,1-4H3,(H3,19,20,21);1H. The van der Waals surface area contributed by atoms with Crippen molar-refractivity contribution < 1.29 is 4.52 Å². The van der Waals surface area contributed by atoms with Crippen molar-refractivity contribution in [1.29, 1.82) is 0 Å². The summed E-state index contributed by atoms with van der Waals surface area (Å²) in [4.78, 5) is 8.54. The van der Waals surface area contributed by atoms with Crippen LogP contribution in [0.2, 0.25) is 10.0 Å². The quantitative estimate of drug-likeness (QED) is 0.370. The Labute approximate surface area is 174 Å². The molecule has 0 saturated carbocycles. The molecule has 1 aromatic carbocycles. The molecule has 6 nitrogen and oxygen atoms in total. The maximum atomic E-state index is 6.19. The monoisotopic (exact) mass is 497 g/mol. The summed E-state index contributed by atoms with van der Waals surface area (Å²) in [7, 11) is 0. The molecule has 1 aromatic heterocycles. The second-order valence-corrected chi connectivity index (χ2v) is 7.34. The van der Waals surface area contributed by atoms with Crippen LogP contribution in [0.25, 0.3) is 0 Å². The summed E-state index contributed by atoms with van der Waals surface area (Å²) in [5.74, 6) is 1.33. The van der Waals surface area contributed by atoms with Crippen molar-refractivity contribution in [3.63, 3.8) is 0 Å². The van der Waals surface area contributed by atoms with E-state index in [0.717, 1.165) is 5.56 Å². The highest BCUT2D eigenvalue weighted by atomic mass is 127. The third-order valence-corrected chi connectivity index (χ3v) is 3.86. The summed E-state index contributed by atoms with van der Waals surface area (Å²) in [6, 6.07) is 5.21. The molecule has 1 heterocycles. The number of guanidine groups is 1. The van der Waals surface area contributed by atoms with E-state index < -0.39 is 0 Å². The van der Waals surface area contributed by atoms with E-state index in [-0.39, 0.29) is 47.9 Å². The summed E-state index contributed by atoms with van der Waals surface area (Å²) >= 11 is 12.1. The Bertz CT molecular complexity index is 742. The summed E-state index contributed by atoms with van der Waals surface area (Å²) in [5.41, 5.74) is 6.60. The molecule has 0 aliphatic heterocycles. The van der Waals surface area contributed by atoms with Crippen molar-refractivity contribution in [2.24, 2.45) is 10.7 Å². The molecular weight excluding hydrogens is 476 g/mol. The summed E-state index contributed by atoms with van der Waals surface area (Å²) in [5, 5.41) is 8.14. The fourth-order valence-corrected chi connectivity index (χ4v) is 2.55. The molecule has 0 saturated heterocycles. The molecule has 138 valence electrons. The molecule has 1 atom stereocenters. The smallest absolute Gasteiger partial charge is 0.232 e. The fourth-order valence-electron chi connectivity index (χ4n) is 1.98. The predicted octanol–water partition coefficient (Wildman–Crippen LogP) is 4.46. The molecule has 0 bridgehead atoms. The molecule has 0 aliphatic carbocycles. The first-order valence-electron chi connectivity index (χ1n) is 7.51. The second kappa shape index (κ2) is 9.05. The lowest BCUT2D eigenvalue weighted by molar-refractivity contribution is 0.318. The van der Waals surface area contributed by atoms with E-state index in [1.165, 1.54) is 0 Å². The number of rotatable bonds is 4. The van der Waals surface area contributed by atoms with Crippen molar-refractivity contribution in [3.05, 3.63) is 45.5 Å². The highest BCUT2D eigenvalue weighted by molar-refractivity contribution is 14.0. The molecular formula is C16H22Cl2IN5O. The highest BCUT2D eigenvalue weighted by Gasteiger charge is 2.21. The zero-order valence-electron chi connectivity index (χ0n) is 14.5. The van der Waals surface area contributed by atoms with Crippen LogP contribution in [0.5, 0.6) is 0 Å². The Hall–Kier alpha value is -1.06. The summed E-state index contributed by atoms with van der Waals surface area (Å²) in [6.07, 6.45) is 0. The number of hydrogen-bond donors (Lipinski definition) is 2. The van der Waals surface area contributed by atoms with Gasteiger partial charge in [-0.15, -0.1) is 24.0 Å². The van der Waals surface area contributed by atoms with Gasteiger partial charge in [0.2, 0.25) is 5.89 Å². The third-order valence-electron chi connectivity index (χ3n) is 3.29. The molecule has 2 rings (SSSR count). The van der Waals surface area contributed by atoms with Crippen LogP contribution in [0.4, 0.5) is 0 Å². The number of nitrogens with one attached hydrogen (secondary N) is 1. The molecule has 9 heteroatoms. The zero-order valence-corrected chi connectivity index (χ0v) is 18.4. The topological polar surface area (TPSA) is 89.3 Å². The highest BCUT2D eigenvalue weighted by Crippen LogP contribution is 2.26. The van der Waals surface area contributed by atoms with Gasteiger partial charge >= 0.3 is 0 Å². The Kier molecular flexibility index (Phi) is 7.95. The Morgan fingerprint density at radius 3 is 2.60 bits per heavy atom. The Balaban J connectivity index is 0.00000312. The van der Waals surface area contributed by atoms with Crippen LogP contribution < -0.4 is 11.1 Å². The van der Waals surface area contributed by atoms with Crippen LogP contribution in [0.15, 0.2) is 27.7 Å². The first kappa shape index (κ1) is 22.0. The lowest BCUT2D eigenvalue weighted by atomic mass is 9.97. The minimum atomic E-state index is -0.196. The van der Waals surface area contributed by atoms with E-state index in [4.69, 9.17) is 33.5 Å². The van der Waals surface area contributed by atoms with Crippen molar-refractivity contribution in [3.8, 4) is 0 Å². The number of nitrogens with two attached hydrogens (primary N) is 1. The van der Waals surface area contributed by atoms with E-state index in [9.17, 15) is 0 Å². The molecule has 25 heavy (non-hydrogen) atoms. The fraction of sp³-hybridized carbons (Fsp3) is 0.438. The molecule has 3 N–H and O–H groups in total. The molecule has 0 aliphatic rings. The largest absolute Gasteiger partial charge is 0.370 e. The van der Waals surface area contributed by atoms with Crippen LogP contribution >= 0.6 is 47.2 Å². The Morgan fingerprint density at radius 2 is 2.04 bits per heavy atom. The van der Waals surface area contributed by atoms with Crippen LogP contribution in [0.1, 0.15) is 51.0 Å². The van der Waals surface area contributed by atoms with E-state index in [1.807, 2.05) is 33.8 Å². The molecule has 0 fully saturated rings. The van der Waals surface area contributed by atoms with Crippen molar-refractivity contribution >= 4 is 53.1 Å². The van der Waals surface area contributed by atoms with Gasteiger partial charge in [-0.25, -0.2) is 4.99 Å². The van der Waals surface area contributed by atoms with Gasteiger partial charge in [0.15, 0.2) is 11.8 Å². The normalized spacial score (nSPS) is 13.3. The van der Waals surface area contributed by atoms with Gasteiger partial charge in [0.25, 0.3) is 0 Å². The number of aromatic nitrogens is 2. The first-order valence-corrected chi connectivity index (χ1v) is 8.27. The predicted molar refractivity (Wildman–Crippen MR) is 112 cm³/mol. The maximum absolute atomic E-state index is 6.19. The average Bonchev–Trinajstić information content (AvgIpc) is 2.93. The van der Waals surface area contributed by atoms with E-state index in [0.29, 0.717) is 21.8 Å². The summed E-state index contributed by atoms with van der Waals surface area (Å²) < 4.78 is 5.22. The van der Waals surface area contributed by atoms with E-state index in [1.54, 1.807) is 12.1 Å². The van der Waals surface area contributed by atoms with Crippen molar-refractivity contribution in [1.82, 2.24) is 15.5 Å². The third kappa shape index (κ3) is 6.31. The van der Waals surface area contributed by atoms with Gasteiger partial charge in [-0.2, -0.15) is 4.98 Å². The lowest BCUT2D eigenvalue weighted by Crippen LogP contribution is -2.34. The zero-order chi connectivity index (χ0) is 17.9. The molecule has 2 aromatic rings. The Morgan fingerprint density at radius 1 is 1.36 bits per heavy atom. The lowest BCUT2D eigenvalue weighted by Gasteiger charge is -2.16. The van der Waals surface area contributed by atoms with Gasteiger partial charge in [0.05, 0.1) is 6.04 Å². The number of benzene rings is 1. The minimum Gasteiger partial charge on any atom is -0.370 e. The van der Waals surface area contributed by atoms with Gasteiger partial charge in [-0.05, 0) is 24.6 Å². The van der Waals surface area contributed by atoms with Crippen molar-refractivity contribution in [2.45, 2.75) is 45.7 Å². The van der Waals surface area contributed by atoms with E-state index >= 15 is 0 Å². The number of nitrogens with zero attached hydrogens (tertiary/aromatic N) is 3. The second-order valence-electron chi connectivity index (χ2n) is 6.50. The van der Waals surface area contributed by atoms with Crippen LogP contribution in [-0.2, 0) is 12.0 Å². The van der Waals surface area contributed by atoms with Gasteiger partial charge in [0, 0.05) is 15.5 Å². The van der Waals surface area contributed by atoms with Crippen LogP contribution in [0, 0.1) is 0 Å². The molecule has 0 spiro atoms. The first-order chi connectivity index (χ1) is 11.2. The van der Waals surface area contributed by atoms with Gasteiger partial charge < -0.3 is 15.6 Å². The number of halogens is 3. The van der Waals surface area contributed by atoms with Crippen molar-refractivity contribution in [2.75, 3.05) is 0 Å². The molecule has 0 radical (unpaired) electrons. The van der Waals surface area contributed by atoms with Crippen LogP contribution in [0.3, 0.4) is 0 Å². The molecule has 0 amide bonds. The number of hydrogen-bond acceptors (Lipinski definition) is 4. The number of aliphatic imine (C=N–C) groups is 1. The maximum Gasteiger partial charge on any atom is 0.232 e. The molecule has 1 unspecified atom stereocenters. The van der Waals surface area contributed by atoms with E-state index in [2.05, 4.69) is 20.4 Å². The van der Waals surface area contributed by atoms with Gasteiger partial charge in [-0.3, -0.25) is 0 Å². The van der Waals surface area contributed by atoms with Gasteiger partial charge in [-0.1, -0.05) is 55.2 Å². The summed E-state index contributed by atoms with van der Waals surface area (Å²) in [6.45, 7) is 8.17. The van der Waals surface area contributed by atoms with Crippen LogP contribution in [-0.4, -0.2) is 16.1 Å². The SMILES string of the molecule is CC(NC(N)=NCc1noc(C(C)(C)C)n1)c1ccc(Cl)cc1Cl.I.